The third-order valence-electron chi connectivity index (χ3n) is 3.11. The van der Waals surface area contributed by atoms with Crippen molar-refractivity contribution in [2.45, 2.75) is 6.92 Å². The van der Waals surface area contributed by atoms with E-state index in [-0.39, 0.29) is 5.82 Å². The van der Waals surface area contributed by atoms with Gasteiger partial charge in [-0.2, -0.15) is 0 Å². The number of hydrogen-bond acceptors (Lipinski definition) is 3. The van der Waals surface area contributed by atoms with Gasteiger partial charge in [-0.25, -0.2) is 4.39 Å². The highest BCUT2D eigenvalue weighted by Crippen LogP contribution is 2.37. The lowest BCUT2D eigenvalue weighted by molar-refractivity contribution is 0.414. The van der Waals surface area contributed by atoms with E-state index in [0.29, 0.717) is 17.1 Å². The summed E-state index contributed by atoms with van der Waals surface area (Å²) >= 11 is 0. The maximum absolute atomic E-state index is 13.4. The van der Waals surface area contributed by atoms with Gasteiger partial charge in [0.25, 0.3) is 0 Å². The summed E-state index contributed by atoms with van der Waals surface area (Å²) in [5, 5.41) is 0. The minimum Gasteiger partial charge on any atom is -0.495 e. The Kier molecular flexibility index (Phi) is 3.60. The van der Waals surface area contributed by atoms with Gasteiger partial charge in [0, 0.05) is 13.1 Å². The third-order valence-corrected chi connectivity index (χ3v) is 3.11. The largest absolute Gasteiger partial charge is 0.495 e. The lowest BCUT2D eigenvalue weighted by Gasteiger charge is -2.25. The number of anilines is 3. The molecule has 0 heterocycles. The lowest BCUT2D eigenvalue weighted by atomic mass is 10.1. The van der Waals surface area contributed by atoms with E-state index in [4.69, 9.17) is 10.5 Å². The topological polar surface area (TPSA) is 38.5 Å². The van der Waals surface area contributed by atoms with Crippen LogP contribution in [0.2, 0.25) is 0 Å². The van der Waals surface area contributed by atoms with Crippen LogP contribution in [-0.2, 0) is 0 Å². The Morgan fingerprint density at radius 1 is 1.21 bits per heavy atom. The molecule has 4 heteroatoms. The molecule has 0 atom stereocenters. The van der Waals surface area contributed by atoms with E-state index in [9.17, 15) is 4.39 Å². The van der Waals surface area contributed by atoms with Gasteiger partial charge in [0.15, 0.2) is 0 Å². The molecule has 0 aliphatic heterocycles. The van der Waals surface area contributed by atoms with Gasteiger partial charge in [-0.3, -0.25) is 0 Å². The van der Waals surface area contributed by atoms with Crippen LogP contribution in [0.15, 0.2) is 36.4 Å². The number of benzene rings is 2. The second-order valence-electron chi connectivity index (χ2n) is 4.39. The van der Waals surface area contributed by atoms with Crippen molar-refractivity contribution < 1.29 is 9.13 Å². The number of methoxy groups -OCH3 is 1. The van der Waals surface area contributed by atoms with E-state index < -0.39 is 0 Å². The van der Waals surface area contributed by atoms with Crippen LogP contribution in [0.4, 0.5) is 21.5 Å². The first-order valence-electron chi connectivity index (χ1n) is 5.97. The van der Waals surface area contributed by atoms with Crippen molar-refractivity contribution in [3.05, 3.63) is 47.8 Å². The van der Waals surface area contributed by atoms with Crippen molar-refractivity contribution in [3.8, 4) is 5.75 Å². The van der Waals surface area contributed by atoms with E-state index in [1.807, 2.05) is 37.1 Å². The number of halogens is 1. The second-order valence-corrected chi connectivity index (χ2v) is 4.39. The van der Waals surface area contributed by atoms with Crippen molar-refractivity contribution in [1.82, 2.24) is 0 Å². The minimum absolute atomic E-state index is 0.310. The molecule has 100 valence electrons. The SMILES string of the molecule is COc1ccc(F)cc1N(C)c1c(C)cccc1N. The maximum atomic E-state index is 13.4. The highest BCUT2D eigenvalue weighted by Gasteiger charge is 2.15. The molecule has 0 bridgehead atoms. The summed E-state index contributed by atoms with van der Waals surface area (Å²) in [5.41, 5.74) is 9.18. The molecule has 0 saturated heterocycles. The minimum atomic E-state index is -0.310. The Hall–Kier alpha value is -2.23. The van der Waals surface area contributed by atoms with Crippen LogP contribution in [-0.4, -0.2) is 14.2 Å². The zero-order valence-electron chi connectivity index (χ0n) is 11.3. The molecule has 0 fully saturated rings. The Morgan fingerprint density at radius 2 is 1.95 bits per heavy atom. The molecular formula is C15H17FN2O. The second kappa shape index (κ2) is 5.18. The maximum Gasteiger partial charge on any atom is 0.142 e. The first-order chi connectivity index (χ1) is 9.04. The van der Waals surface area contributed by atoms with E-state index in [2.05, 4.69) is 0 Å². The zero-order valence-corrected chi connectivity index (χ0v) is 11.3. The fraction of sp³-hybridized carbons (Fsp3) is 0.200. The average molecular weight is 260 g/mol. The van der Waals surface area contributed by atoms with Gasteiger partial charge in [0.1, 0.15) is 11.6 Å². The lowest BCUT2D eigenvalue weighted by Crippen LogP contribution is -2.14. The normalized spacial score (nSPS) is 10.3. The molecule has 3 nitrogen and oxygen atoms in total. The molecule has 0 aromatic heterocycles. The summed E-state index contributed by atoms with van der Waals surface area (Å²) in [7, 11) is 3.40. The highest BCUT2D eigenvalue weighted by atomic mass is 19.1. The number of hydrogen-bond donors (Lipinski definition) is 1. The van der Waals surface area contributed by atoms with Crippen LogP contribution < -0.4 is 15.4 Å². The zero-order chi connectivity index (χ0) is 14.0. The van der Waals surface area contributed by atoms with Crippen molar-refractivity contribution in [2.24, 2.45) is 0 Å². The van der Waals surface area contributed by atoms with Crippen LogP contribution in [0, 0.1) is 12.7 Å². The Labute approximate surface area is 112 Å². The molecule has 2 N–H and O–H groups in total. The third kappa shape index (κ3) is 2.47. The van der Waals surface area contributed by atoms with Crippen LogP contribution >= 0.6 is 0 Å². The first-order valence-corrected chi connectivity index (χ1v) is 5.97. The molecule has 0 aliphatic rings. The van der Waals surface area contributed by atoms with E-state index >= 15 is 0 Å². The smallest absolute Gasteiger partial charge is 0.142 e. The van der Waals surface area contributed by atoms with E-state index in [1.165, 1.54) is 12.1 Å². The summed E-state index contributed by atoms with van der Waals surface area (Å²) in [4.78, 5) is 1.84. The Bertz CT molecular complexity index is 578. The van der Waals surface area contributed by atoms with Gasteiger partial charge in [0.05, 0.1) is 24.2 Å². The van der Waals surface area contributed by atoms with E-state index in [1.54, 1.807) is 13.2 Å². The quantitative estimate of drug-likeness (QED) is 0.858. The molecule has 2 aromatic carbocycles. The number of nitrogens with zero attached hydrogens (tertiary/aromatic N) is 1. The van der Waals surface area contributed by atoms with E-state index in [0.717, 1.165) is 11.3 Å². The van der Waals surface area contributed by atoms with Crippen molar-refractivity contribution in [3.63, 3.8) is 0 Å². The highest BCUT2D eigenvalue weighted by molar-refractivity contribution is 5.79. The fourth-order valence-electron chi connectivity index (χ4n) is 2.19. The van der Waals surface area contributed by atoms with Gasteiger partial charge in [-0.05, 0) is 30.7 Å². The molecule has 2 aromatic rings. The Morgan fingerprint density at radius 3 is 2.58 bits per heavy atom. The van der Waals surface area contributed by atoms with Gasteiger partial charge >= 0.3 is 0 Å². The number of para-hydroxylation sites is 1. The number of aryl methyl sites for hydroxylation is 1. The van der Waals surface area contributed by atoms with Gasteiger partial charge < -0.3 is 15.4 Å². The summed E-state index contributed by atoms with van der Waals surface area (Å²) in [5.74, 6) is 0.293. The predicted molar refractivity (Wildman–Crippen MR) is 76.6 cm³/mol. The summed E-state index contributed by atoms with van der Waals surface area (Å²) in [6.07, 6.45) is 0. The standard InChI is InChI=1S/C15H17FN2O/c1-10-5-4-6-12(17)15(10)18(2)13-9-11(16)7-8-14(13)19-3/h4-9H,17H2,1-3H3. The van der Waals surface area contributed by atoms with Crippen molar-refractivity contribution in [2.75, 3.05) is 24.8 Å². The molecular weight excluding hydrogens is 243 g/mol. The monoisotopic (exact) mass is 260 g/mol. The molecule has 0 spiro atoms. The summed E-state index contributed by atoms with van der Waals surface area (Å²) in [6, 6.07) is 10.1. The molecule has 0 unspecified atom stereocenters. The molecule has 0 amide bonds. The molecule has 0 aliphatic carbocycles. The van der Waals surface area contributed by atoms with Crippen LogP contribution in [0.25, 0.3) is 0 Å². The molecule has 0 radical (unpaired) electrons. The number of nitrogen functional groups attached to an aromatic ring is 1. The van der Waals surface area contributed by atoms with Crippen molar-refractivity contribution >= 4 is 17.1 Å². The number of ether oxygens (including phenoxy) is 1. The first kappa shape index (κ1) is 13.2. The number of rotatable bonds is 3. The predicted octanol–water partition coefficient (Wildman–Crippen LogP) is 3.49. The summed E-state index contributed by atoms with van der Waals surface area (Å²) in [6.45, 7) is 1.97. The van der Waals surface area contributed by atoms with Crippen LogP contribution in [0.5, 0.6) is 5.75 Å². The van der Waals surface area contributed by atoms with Crippen molar-refractivity contribution in [1.29, 1.82) is 0 Å². The summed E-state index contributed by atoms with van der Waals surface area (Å²) < 4.78 is 18.7. The van der Waals surface area contributed by atoms with Gasteiger partial charge in [0.2, 0.25) is 0 Å². The van der Waals surface area contributed by atoms with Gasteiger partial charge in [-0.1, -0.05) is 12.1 Å². The Balaban J connectivity index is 2.55. The number of nitrogens with two attached hydrogens (primary N) is 1. The average Bonchev–Trinajstić information content (AvgIpc) is 2.38. The molecule has 2 rings (SSSR count). The molecule has 19 heavy (non-hydrogen) atoms. The van der Waals surface area contributed by atoms with Crippen LogP contribution in [0.3, 0.4) is 0 Å². The fourth-order valence-corrected chi connectivity index (χ4v) is 2.19. The van der Waals surface area contributed by atoms with Crippen LogP contribution in [0.1, 0.15) is 5.56 Å². The molecule has 0 saturated carbocycles. The van der Waals surface area contributed by atoms with Gasteiger partial charge in [-0.15, -0.1) is 0 Å².